The highest BCUT2D eigenvalue weighted by atomic mass is 16.6. The first-order valence-electron chi connectivity index (χ1n) is 8.64. The van der Waals surface area contributed by atoms with Crippen LogP contribution in [0.3, 0.4) is 0 Å². The number of carbonyl (C=O) groups excluding carboxylic acids is 2. The van der Waals surface area contributed by atoms with Gasteiger partial charge in [-0.05, 0) is 40.2 Å². The largest absolute Gasteiger partial charge is 0.444 e. The van der Waals surface area contributed by atoms with Gasteiger partial charge in [-0.2, -0.15) is 0 Å². The van der Waals surface area contributed by atoms with E-state index in [1.165, 1.54) is 0 Å². The Morgan fingerprint density at radius 1 is 1.28 bits per heavy atom. The van der Waals surface area contributed by atoms with Gasteiger partial charge < -0.3 is 14.8 Å². The van der Waals surface area contributed by atoms with E-state index in [2.05, 4.69) is 5.32 Å². The maximum Gasteiger partial charge on any atom is 0.411 e. The highest BCUT2D eigenvalue weighted by molar-refractivity contribution is 5.81. The Morgan fingerprint density at radius 2 is 1.92 bits per heavy atom. The molecule has 1 N–H and O–H groups in total. The molecular weight excluding hydrogens is 320 g/mol. The number of carbonyl (C=O) groups is 2. The molecule has 1 heterocycles. The van der Waals surface area contributed by atoms with Gasteiger partial charge in [0, 0.05) is 6.54 Å². The zero-order valence-electron chi connectivity index (χ0n) is 15.6. The molecule has 0 spiro atoms. The van der Waals surface area contributed by atoms with Gasteiger partial charge in [-0.25, -0.2) is 4.79 Å². The van der Waals surface area contributed by atoms with E-state index in [1.807, 2.05) is 65.0 Å². The first-order chi connectivity index (χ1) is 11.7. The monoisotopic (exact) mass is 348 g/mol. The van der Waals surface area contributed by atoms with Crippen molar-refractivity contribution in [2.24, 2.45) is 0 Å². The van der Waals surface area contributed by atoms with E-state index in [9.17, 15) is 9.59 Å². The maximum absolute atomic E-state index is 12.8. The van der Waals surface area contributed by atoms with Crippen LogP contribution in [0.15, 0.2) is 30.3 Å². The van der Waals surface area contributed by atoms with Crippen molar-refractivity contribution in [3.8, 4) is 0 Å². The molecule has 1 aliphatic rings. The number of hydrogen-bond acceptors (Lipinski definition) is 4. The van der Waals surface area contributed by atoms with Crippen molar-refractivity contribution in [1.82, 2.24) is 10.2 Å². The molecule has 2 rings (SSSR count). The van der Waals surface area contributed by atoms with Gasteiger partial charge in [0.05, 0.1) is 18.6 Å². The number of nitrogens with one attached hydrogen (secondary N) is 1. The molecule has 6 heteroatoms. The molecule has 0 radical (unpaired) electrons. The van der Waals surface area contributed by atoms with Crippen molar-refractivity contribution in [3.05, 3.63) is 35.9 Å². The molecule has 0 saturated carbocycles. The van der Waals surface area contributed by atoms with Gasteiger partial charge >= 0.3 is 6.09 Å². The lowest BCUT2D eigenvalue weighted by atomic mass is 10.1. The van der Waals surface area contributed by atoms with E-state index in [4.69, 9.17) is 9.47 Å². The molecule has 6 nitrogen and oxygen atoms in total. The standard InChI is InChI=1S/C19H28N2O4/c1-13(2)24-17-15(11-16(22)20-17)21(18(23)25-19(3,4)5)12-14-9-7-6-8-10-14/h6-10,13,15,17H,11-12H2,1-5H3,(H,20,22)/t15-,17+/m0/s1. The molecule has 1 fully saturated rings. The third kappa shape index (κ3) is 5.74. The average Bonchev–Trinajstić information content (AvgIpc) is 2.83. The molecular formula is C19H28N2O4. The minimum Gasteiger partial charge on any atom is -0.444 e. The van der Waals surface area contributed by atoms with Crippen LogP contribution in [0.25, 0.3) is 0 Å². The Hall–Kier alpha value is -2.08. The van der Waals surface area contributed by atoms with Crippen LogP contribution in [0, 0.1) is 0 Å². The van der Waals surface area contributed by atoms with Gasteiger partial charge in [-0.3, -0.25) is 9.69 Å². The molecule has 2 atom stereocenters. The smallest absolute Gasteiger partial charge is 0.411 e. The van der Waals surface area contributed by atoms with Crippen molar-refractivity contribution in [3.63, 3.8) is 0 Å². The van der Waals surface area contributed by atoms with Crippen molar-refractivity contribution in [2.75, 3.05) is 0 Å². The zero-order chi connectivity index (χ0) is 18.6. The van der Waals surface area contributed by atoms with Crippen LogP contribution in [-0.4, -0.2) is 40.9 Å². The van der Waals surface area contributed by atoms with Gasteiger partial charge in [0.2, 0.25) is 5.91 Å². The van der Waals surface area contributed by atoms with Gasteiger partial charge in [0.15, 0.2) is 6.23 Å². The van der Waals surface area contributed by atoms with Crippen LogP contribution in [0.2, 0.25) is 0 Å². The fourth-order valence-corrected chi connectivity index (χ4v) is 2.72. The number of nitrogens with zero attached hydrogens (tertiary/aromatic N) is 1. The number of amides is 2. The first kappa shape index (κ1) is 19.2. The molecule has 25 heavy (non-hydrogen) atoms. The Balaban J connectivity index is 2.25. The van der Waals surface area contributed by atoms with Gasteiger partial charge in [0.1, 0.15) is 5.60 Å². The third-order valence-electron chi connectivity index (χ3n) is 3.69. The number of rotatable bonds is 5. The summed E-state index contributed by atoms with van der Waals surface area (Å²) < 4.78 is 11.4. The number of benzene rings is 1. The summed E-state index contributed by atoms with van der Waals surface area (Å²) in [7, 11) is 0. The Bertz CT molecular complexity index is 595. The minimum atomic E-state index is -0.615. The topological polar surface area (TPSA) is 67.9 Å². The van der Waals surface area contributed by atoms with Crippen LogP contribution in [0.4, 0.5) is 4.79 Å². The molecule has 1 aromatic rings. The predicted octanol–water partition coefficient (Wildman–Crippen LogP) is 3.06. The van der Waals surface area contributed by atoms with Crippen molar-refractivity contribution >= 4 is 12.0 Å². The first-order valence-corrected chi connectivity index (χ1v) is 8.64. The average molecular weight is 348 g/mol. The number of ether oxygens (including phenoxy) is 2. The maximum atomic E-state index is 12.8. The third-order valence-corrected chi connectivity index (χ3v) is 3.69. The molecule has 1 aliphatic heterocycles. The van der Waals surface area contributed by atoms with Crippen LogP contribution < -0.4 is 5.32 Å². The Kier molecular flexibility index (Phi) is 6.06. The van der Waals surface area contributed by atoms with E-state index < -0.39 is 24.0 Å². The summed E-state index contributed by atoms with van der Waals surface area (Å²) in [6.45, 7) is 9.63. The van der Waals surface area contributed by atoms with E-state index in [-0.39, 0.29) is 18.4 Å². The summed E-state index contributed by atoms with van der Waals surface area (Å²) >= 11 is 0. The lowest BCUT2D eigenvalue weighted by Gasteiger charge is -2.34. The minimum absolute atomic E-state index is 0.0666. The van der Waals surface area contributed by atoms with Crippen molar-refractivity contribution in [1.29, 1.82) is 0 Å². The highest BCUT2D eigenvalue weighted by Gasteiger charge is 2.41. The molecule has 0 aliphatic carbocycles. The summed E-state index contributed by atoms with van der Waals surface area (Å²) in [5, 5.41) is 2.81. The van der Waals surface area contributed by atoms with Gasteiger partial charge in [-0.1, -0.05) is 30.3 Å². The SMILES string of the molecule is CC(C)O[C@H]1NC(=O)C[C@@H]1N(Cc1ccccc1)C(=O)OC(C)(C)C. The summed E-state index contributed by atoms with van der Waals surface area (Å²) in [6.07, 6.45) is -0.856. The molecule has 138 valence electrons. The second-order valence-electron chi connectivity index (χ2n) is 7.54. The van der Waals surface area contributed by atoms with Crippen LogP contribution in [0.1, 0.15) is 46.6 Å². The molecule has 0 unspecified atom stereocenters. The second kappa shape index (κ2) is 7.87. The van der Waals surface area contributed by atoms with E-state index in [0.29, 0.717) is 6.54 Å². The number of hydrogen-bond donors (Lipinski definition) is 1. The zero-order valence-corrected chi connectivity index (χ0v) is 15.6. The normalized spacial score (nSPS) is 20.5. The fraction of sp³-hybridized carbons (Fsp3) is 0.579. The quantitative estimate of drug-likeness (QED) is 0.888. The molecule has 0 bridgehead atoms. The summed E-state index contributed by atoms with van der Waals surface area (Å²) in [5.41, 5.74) is 0.354. The van der Waals surface area contributed by atoms with E-state index >= 15 is 0 Å². The second-order valence-corrected chi connectivity index (χ2v) is 7.54. The van der Waals surface area contributed by atoms with Crippen LogP contribution in [-0.2, 0) is 20.8 Å². The molecule has 2 amide bonds. The highest BCUT2D eigenvalue weighted by Crippen LogP contribution is 2.23. The van der Waals surface area contributed by atoms with Gasteiger partial charge in [0.25, 0.3) is 0 Å². The molecule has 0 aromatic heterocycles. The summed E-state index contributed by atoms with van der Waals surface area (Å²) in [5.74, 6) is -0.128. The lowest BCUT2D eigenvalue weighted by Crippen LogP contribution is -2.49. The van der Waals surface area contributed by atoms with Crippen molar-refractivity contribution < 1.29 is 19.1 Å². The Labute approximate surface area is 149 Å². The fourth-order valence-electron chi connectivity index (χ4n) is 2.72. The van der Waals surface area contributed by atoms with Gasteiger partial charge in [-0.15, -0.1) is 0 Å². The Morgan fingerprint density at radius 3 is 2.48 bits per heavy atom. The van der Waals surface area contributed by atoms with Crippen LogP contribution >= 0.6 is 0 Å². The van der Waals surface area contributed by atoms with Crippen molar-refractivity contribution in [2.45, 2.75) is 71.6 Å². The summed E-state index contributed by atoms with van der Waals surface area (Å²) in [4.78, 5) is 26.3. The van der Waals surface area contributed by atoms with E-state index in [0.717, 1.165) is 5.56 Å². The predicted molar refractivity (Wildman–Crippen MR) is 94.8 cm³/mol. The molecule has 1 aromatic carbocycles. The molecule has 1 saturated heterocycles. The summed E-state index contributed by atoms with van der Waals surface area (Å²) in [6, 6.07) is 9.24. The lowest BCUT2D eigenvalue weighted by molar-refractivity contribution is -0.121. The van der Waals surface area contributed by atoms with Crippen LogP contribution in [0.5, 0.6) is 0 Å². The van der Waals surface area contributed by atoms with E-state index in [1.54, 1.807) is 4.90 Å².